The highest BCUT2D eigenvalue weighted by Gasteiger charge is 2.07. The average Bonchev–Trinajstić information content (AvgIpc) is 2.21. The van der Waals surface area contributed by atoms with E-state index in [0.29, 0.717) is 5.92 Å². The number of anilines is 1. The van der Waals surface area contributed by atoms with E-state index in [4.69, 9.17) is 0 Å². The number of aromatic amines is 2. The Labute approximate surface area is 99.9 Å². The van der Waals surface area contributed by atoms with Gasteiger partial charge in [0.05, 0.1) is 0 Å². The predicted octanol–water partition coefficient (Wildman–Crippen LogP) is 1.08. The summed E-state index contributed by atoms with van der Waals surface area (Å²) in [5, 5.41) is 8.85. The quantitative estimate of drug-likeness (QED) is 0.694. The Morgan fingerprint density at radius 1 is 1.24 bits per heavy atom. The van der Waals surface area contributed by atoms with Gasteiger partial charge in [0.2, 0.25) is 5.82 Å². The van der Waals surface area contributed by atoms with Crippen molar-refractivity contribution in [3.63, 3.8) is 0 Å². The molecule has 96 valence electrons. The molecule has 0 aliphatic heterocycles. The second-order valence-corrected chi connectivity index (χ2v) is 4.73. The maximum atomic E-state index is 11.4. The first kappa shape index (κ1) is 13.5. The van der Waals surface area contributed by atoms with E-state index < -0.39 is 11.2 Å². The Morgan fingerprint density at radius 2 is 1.94 bits per heavy atom. The van der Waals surface area contributed by atoms with E-state index in [2.05, 4.69) is 34.3 Å². The Balaban J connectivity index is 2.48. The highest BCUT2D eigenvalue weighted by Crippen LogP contribution is 2.09. The lowest BCUT2D eigenvalue weighted by Gasteiger charge is -2.13. The topological polar surface area (TPSA) is 90.6 Å². The second-order valence-electron chi connectivity index (χ2n) is 4.73. The van der Waals surface area contributed by atoms with Gasteiger partial charge in [0.1, 0.15) is 0 Å². The predicted molar refractivity (Wildman–Crippen MR) is 67.3 cm³/mol. The van der Waals surface area contributed by atoms with Gasteiger partial charge in [-0.05, 0) is 19.3 Å². The van der Waals surface area contributed by atoms with Crippen molar-refractivity contribution in [2.24, 2.45) is 5.92 Å². The summed E-state index contributed by atoms with van der Waals surface area (Å²) in [5.41, 5.74) is -1.07. The fourth-order valence-corrected chi connectivity index (χ4v) is 1.58. The van der Waals surface area contributed by atoms with Crippen molar-refractivity contribution in [3.8, 4) is 0 Å². The van der Waals surface area contributed by atoms with Gasteiger partial charge in [0.25, 0.3) is 5.56 Å². The fraction of sp³-hybridized carbons (Fsp3) is 0.727. The van der Waals surface area contributed by atoms with Crippen molar-refractivity contribution in [2.75, 3.05) is 5.32 Å². The molecule has 1 rings (SSSR count). The molecule has 0 amide bonds. The highest BCUT2D eigenvalue weighted by molar-refractivity contribution is 5.29. The van der Waals surface area contributed by atoms with E-state index in [9.17, 15) is 9.59 Å². The van der Waals surface area contributed by atoms with Crippen LogP contribution in [0, 0.1) is 5.92 Å². The van der Waals surface area contributed by atoms with E-state index in [-0.39, 0.29) is 11.9 Å². The van der Waals surface area contributed by atoms with Crippen molar-refractivity contribution >= 4 is 5.82 Å². The summed E-state index contributed by atoms with van der Waals surface area (Å²) in [6, 6.07) is 0.160. The maximum absolute atomic E-state index is 11.4. The molecule has 0 radical (unpaired) electrons. The van der Waals surface area contributed by atoms with Gasteiger partial charge in [-0.25, -0.2) is 9.89 Å². The lowest BCUT2D eigenvalue weighted by Crippen LogP contribution is -2.29. The third kappa shape index (κ3) is 4.84. The molecular formula is C11H20N4O2. The van der Waals surface area contributed by atoms with Gasteiger partial charge in [-0.1, -0.05) is 26.7 Å². The number of aromatic nitrogens is 3. The second kappa shape index (κ2) is 6.22. The van der Waals surface area contributed by atoms with Gasteiger partial charge in [-0.15, -0.1) is 5.10 Å². The average molecular weight is 240 g/mol. The van der Waals surface area contributed by atoms with E-state index in [0.717, 1.165) is 12.8 Å². The molecule has 0 aliphatic carbocycles. The standard InChI is InChI=1S/C11H20N4O2/c1-7(2)5-4-6-8(3)12-9-10(16)13-11(17)15-14-9/h7-8H,4-6H2,1-3H3,(H,12,14)(H2,13,15,16,17). The molecule has 17 heavy (non-hydrogen) atoms. The molecular weight excluding hydrogens is 220 g/mol. The minimum absolute atomic E-state index is 0.160. The first-order valence-electron chi connectivity index (χ1n) is 5.94. The first-order chi connectivity index (χ1) is 7.99. The van der Waals surface area contributed by atoms with E-state index in [1.807, 2.05) is 6.92 Å². The Morgan fingerprint density at radius 3 is 2.53 bits per heavy atom. The molecule has 0 spiro atoms. The number of H-pyrrole nitrogens is 2. The summed E-state index contributed by atoms with van der Waals surface area (Å²) in [4.78, 5) is 24.3. The molecule has 1 heterocycles. The zero-order valence-corrected chi connectivity index (χ0v) is 10.5. The van der Waals surface area contributed by atoms with Gasteiger partial charge < -0.3 is 5.32 Å². The minimum Gasteiger partial charge on any atom is -0.362 e. The van der Waals surface area contributed by atoms with Gasteiger partial charge in [0.15, 0.2) is 0 Å². The molecule has 6 nitrogen and oxygen atoms in total. The van der Waals surface area contributed by atoms with Gasteiger partial charge in [0, 0.05) is 6.04 Å². The monoisotopic (exact) mass is 240 g/mol. The molecule has 0 saturated carbocycles. The van der Waals surface area contributed by atoms with Crippen LogP contribution in [-0.4, -0.2) is 21.2 Å². The summed E-state index contributed by atoms with van der Waals surface area (Å²) in [6.07, 6.45) is 3.24. The zero-order chi connectivity index (χ0) is 12.8. The number of rotatable bonds is 6. The molecule has 0 aromatic carbocycles. The minimum atomic E-state index is -0.590. The molecule has 3 N–H and O–H groups in total. The molecule has 0 bridgehead atoms. The van der Waals surface area contributed by atoms with E-state index in [1.165, 1.54) is 6.42 Å². The third-order valence-electron chi connectivity index (χ3n) is 2.51. The normalized spacial score (nSPS) is 12.7. The van der Waals surface area contributed by atoms with Crippen LogP contribution in [0.2, 0.25) is 0 Å². The van der Waals surface area contributed by atoms with Crippen LogP contribution in [0.4, 0.5) is 5.82 Å². The number of nitrogens with zero attached hydrogens (tertiary/aromatic N) is 1. The SMILES string of the molecule is CC(C)CCCC(C)Nc1n[nH]c(=O)[nH]c1=O. The zero-order valence-electron chi connectivity index (χ0n) is 10.5. The van der Waals surface area contributed by atoms with E-state index >= 15 is 0 Å². The van der Waals surface area contributed by atoms with Crippen LogP contribution < -0.4 is 16.6 Å². The van der Waals surface area contributed by atoms with Crippen molar-refractivity contribution in [1.29, 1.82) is 0 Å². The summed E-state index contributed by atoms with van der Waals surface area (Å²) in [6.45, 7) is 6.37. The van der Waals surface area contributed by atoms with Crippen LogP contribution in [-0.2, 0) is 0 Å². The van der Waals surface area contributed by atoms with Crippen molar-refractivity contribution in [1.82, 2.24) is 15.2 Å². The fourth-order valence-electron chi connectivity index (χ4n) is 1.58. The largest absolute Gasteiger partial charge is 0.362 e. The molecule has 1 unspecified atom stereocenters. The van der Waals surface area contributed by atoms with Crippen LogP contribution in [0.5, 0.6) is 0 Å². The molecule has 0 saturated heterocycles. The van der Waals surface area contributed by atoms with Crippen LogP contribution in [0.15, 0.2) is 9.59 Å². The summed E-state index contributed by atoms with van der Waals surface area (Å²) < 4.78 is 0. The van der Waals surface area contributed by atoms with Gasteiger partial charge in [-0.2, -0.15) is 0 Å². The summed E-state index contributed by atoms with van der Waals surface area (Å²) in [7, 11) is 0. The number of nitrogens with one attached hydrogen (secondary N) is 3. The first-order valence-corrected chi connectivity index (χ1v) is 5.94. The molecule has 1 atom stereocenters. The van der Waals surface area contributed by atoms with Crippen LogP contribution in [0.25, 0.3) is 0 Å². The molecule has 1 aromatic heterocycles. The Kier molecular flexibility index (Phi) is 4.93. The maximum Gasteiger partial charge on any atom is 0.342 e. The smallest absolute Gasteiger partial charge is 0.342 e. The highest BCUT2D eigenvalue weighted by atomic mass is 16.2. The van der Waals surface area contributed by atoms with Crippen LogP contribution in [0.3, 0.4) is 0 Å². The molecule has 0 aliphatic rings. The number of hydrogen-bond donors (Lipinski definition) is 3. The van der Waals surface area contributed by atoms with Crippen molar-refractivity contribution in [2.45, 2.75) is 46.1 Å². The van der Waals surface area contributed by atoms with Crippen LogP contribution >= 0.6 is 0 Å². The molecule has 6 heteroatoms. The van der Waals surface area contributed by atoms with Crippen LogP contribution in [0.1, 0.15) is 40.0 Å². The Bertz CT molecular complexity index is 449. The lowest BCUT2D eigenvalue weighted by molar-refractivity contribution is 0.519. The molecule has 0 fully saturated rings. The van der Waals surface area contributed by atoms with Gasteiger partial charge >= 0.3 is 5.69 Å². The van der Waals surface area contributed by atoms with Crippen molar-refractivity contribution < 1.29 is 0 Å². The summed E-state index contributed by atoms with van der Waals surface area (Å²) >= 11 is 0. The molecule has 1 aromatic rings. The lowest BCUT2D eigenvalue weighted by atomic mass is 10.0. The Hall–Kier alpha value is -1.59. The third-order valence-corrected chi connectivity index (χ3v) is 2.51. The van der Waals surface area contributed by atoms with Crippen molar-refractivity contribution in [3.05, 3.63) is 20.8 Å². The van der Waals surface area contributed by atoms with E-state index in [1.54, 1.807) is 0 Å². The summed E-state index contributed by atoms with van der Waals surface area (Å²) in [5.74, 6) is 0.860. The van der Waals surface area contributed by atoms with Gasteiger partial charge in [-0.3, -0.25) is 9.78 Å². The number of hydrogen-bond acceptors (Lipinski definition) is 4.